The first kappa shape index (κ1) is 9.61. The molecule has 0 N–H and O–H groups in total. The lowest BCUT2D eigenvalue weighted by molar-refractivity contribution is -0.0676. The van der Waals surface area contributed by atoms with Gasteiger partial charge in [0.25, 0.3) is 0 Å². The Hall–Kier alpha value is 0.600. The molecule has 0 spiro atoms. The number of rotatable bonds is 0. The van der Waals surface area contributed by atoms with Crippen molar-refractivity contribution in [1.29, 1.82) is 0 Å². The number of halogens is 1. The van der Waals surface area contributed by atoms with E-state index in [1.807, 2.05) is 0 Å². The van der Waals surface area contributed by atoms with Gasteiger partial charge < -0.3 is 0 Å². The Morgan fingerprint density at radius 1 is 0.933 bits per heavy atom. The highest BCUT2D eigenvalue weighted by atomic mass is 35.5. The number of fused-ring (bicyclic) bond motifs is 4. The maximum absolute atomic E-state index is 6.50. The van der Waals surface area contributed by atoms with Crippen LogP contribution in [0.4, 0.5) is 0 Å². The van der Waals surface area contributed by atoms with Gasteiger partial charge in [0.15, 0.2) is 0 Å². The summed E-state index contributed by atoms with van der Waals surface area (Å²) in [5, 5.41) is 2.31. The van der Waals surface area contributed by atoms with Gasteiger partial charge in [0, 0.05) is 28.6 Å². The molecule has 4 aliphatic rings. The van der Waals surface area contributed by atoms with E-state index in [0.717, 1.165) is 28.6 Å². The van der Waals surface area contributed by atoms with Crippen LogP contribution in [0.25, 0.3) is 0 Å². The normalized spacial score (nSPS) is 58.2. The van der Waals surface area contributed by atoms with Gasteiger partial charge in [0.05, 0.1) is 5.38 Å². The van der Waals surface area contributed by atoms with Crippen molar-refractivity contribution in [2.75, 3.05) is 0 Å². The molecule has 2 saturated heterocycles. The average molecular weight is 244 g/mol. The molecule has 4 rings (SSSR count). The fourth-order valence-corrected chi connectivity index (χ4v) is 6.91. The first-order chi connectivity index (χ1) is 7.36. The third-order valence-electron chi connectivity index (χ3n) is 4.95. The molecule has 1 nitrogen and oxygen atoms in total. The number of piperidine rings is 1. The minimum Gasteiger partial charge on any atom is -0.289 e. The van der Waals surface area contributed by atoms with Crippen molar-refractivity contribution in [2.24, 2.45) is 0 Å². The maximum Gasteiger partial charge on any atom is 0.0657 e. The first-order valence-corrected chi connectivity index (χ1v) is 7.81. The van der Waals surface area contributed by atoms with E-state index in [-0.39, 0.29) is 0 Å². The van der Waals surface area contributed by atoms with Crippen LogP contribution in [0.3, 0.4) is 0 Å². The van der Waals surface area contributed by atoms with Crippen LogP contribution in [-0.2, 0) is 0 Å². The fraction of sp³-hybridized carbons (Fsp3) is 1.00. The van der Waals surface area contributed by atoms with Crippen LogP contribution >= 0.6 is 23.4 Å². The molecule has 2 saturated carbocycles. The van der Waals surface area contributed by atoms with E-state index in [4.69, 9.17) is 11.6 Å². The quantitative estimate of drug-likeness (QED) is 0.602. The topological polar surface area (TPSA) is 3.24 Å². The van der Waals surface area contributed by atoms with Gasteiger partial charge in [-0.05, 0) is 25.7 Å². The Bertz CT molecular complexity index is 283. The van der Waals surface area contributed by atoms with Crippen LogP contribution in [0, 0.1) is 0 Å². The highest BCUT2D eigenvalue weighted by molar-refractivity contribution is 8.00. The highest BCUT2D eigenvalue weighted by Gasteiger charge is 2.61. The molecule has 6 atom stereocenters. The minimum atomic E-state index is 0.485. The molecule has 15 heavy (non-hydrogen) atoms. The fourth-order valence-electron chi connectivity index (χ4n) is 4.30. The zero-order chi connectivity index (χ0) is 9.99. The second kappa shape index (κ2) is 3.30. The summed E-state index contributed by atoms with van der Waals surface area (Å²) in [5.41, 5.74) is 0. The van der Waals surface area contributed by atoms with E-state index in [2.05, 4.69) is 16.7 Å². The summed E-state index contributed by atoms with van der Waals surface area (Å²) in [6, 6.07) is 2.39. The summed E-state index contributed by atoms with van der Waals surface area (Å²) in [4.78, 5) is 2.83. The van der Waals surface area contributed by atoms with Crippen LogP contribution < -0.4 is 0 Å². The third-order valence-corrected chi connectivity index (χ3v) is 7.26. The molecule has 0 amide bonds. The van der Waals surface area contributed by atoms with Crippen LogP contribution in [0.2, 0.25) is 0 Å². The number of hydrogen-bond donors (Lipinski definition) is 0. The molecule has 2 aliphatic heterocycles. The molecule has 2 bridgehead atoms. The summed E-state index contributed by atoms with van der Waals surface area (Å²) in [6.45, 7) is 0. The molecule has 2 aliphatic carbocycles. The van der Waals surface area contributed by atoms with Gasteiger partial charge in [-0.2, -0.15) is 11.8 Å². The van der Waals surface area contributed by atoms with Gasteiger partial charge in [-0.15, -0.1) is 11.6 Å². The van der Waals surface area contributed by atoms with E-state index in [9.17, 15) is 0 Å². The van der Waals surface area contributed by atoms with Gasteiger partial charge in [0.2, 0.25) is 0 Å². The molecule has 2 heterocycles. The van der Waals surface area contributed by atoms with E-state index in [1.165, 1.54) is 38.5 Å². The molecule has 84 valence electrons. The first-order valence-electron chi connectivity index (χ1n) is 6.43. The van der Waals surface area contributed by atoms with E-state index < -0.39 is 0 Å². The molecule has 0 aromatic heterocycles. The monoisotopic (exact) mass is 243 g/mol. The smallest absolute Gasteiger partial charge is 0.0657 e. The van der Waals surface area contributed by atoms with Gasteiger partial charge >= 0.3 is 0 Å². The van der Waals surface area contributed by atoms with Gasteiger partial charge in [-0.1, -0.05) is 12.8 Å². The number of alkyl halides is 1. The molecular weight excluding hydrogens is 226 g/mol. The van der Waals surface area contributed by atoms with Crippen molar-refractivity contribution in [2.45, 2.75) is 72.5 Å². The van der Waals surface area contributed by atoms with Gasteiger partial charge in [0.1, 0.15) is 0 Å². The van der Waals surface area contributed by atoms with Crippen LogP contribution in [0.5, 0.6) is 0 Å². The zero-order valence-electron chi connectivity index (χ0n) is 8.94. The van der Waals surface area contributed by atoms with Crippen molar-refractivity contribution in [3.05, 3.63) is 0 Å². The largest absolute Gasteiger partial charge is 0.289 e. The molecule has 0 radical (unpaired) electrons. The SMILES string of the molecule is ClC1C2CCC3SC4CCCCC4N2C31. The van der Waals surface area contributed by atoms with Crippen LogP contribution in [0.15, 0.2) is 0 Å². The lowest BCUT2D eigenvalue weighted by atomic mass is 9.74. The minimum absolute atomic E-state index is 0.485. The Balaban J connectivity index is 1.65. The average Bonchev–Trinajstić information content (AvgIpc) is 2.27. The van der Waals surface area contributed by atoms with Crippen molar-refractivity contribution in [3.8, 4) is 0 Å². The summed E-state index contributed by atoms with van der Waals surface area (Å²) in [6.07, 6.45) is 8.63. The lowest BCUT2D eigenvalue weighted by Crippen LogP contribution is -2.78. The van der Waals surface area contributed by atoms with E-state index in [1.54, 1.807) is 0 Å². The molecular formula is C12H18ClNS. The van der Waals surface area contributed by atoms with Crippen LogP contribution in [-0.4, -0.2) is 38.9 Å². The van der Waals surface area contributed by atoms with Crippen molar-refractivity contribution >= 4 is 23.4 Å². The van der Waals surface area contributed by atoms with E-state index in [0.29, 0.717) is 5.38 Å². The molecule has 6 unspecified atom stereocenters. The van der Waals surface area contributed by atoms with Crippen molar-refractivity contribution in [3.63, 3.8) is 0 Å². The van der Waals surface area contributed by atoms with Gasteiger partial charge in [-0.3, -0.25) is 4.90 Å². The second-order valence-electron chi connectivity index (χ2n) is 5.59. The summed E-state index contributed by atoms with van der Waals surface area (Å²) in [5.74, 6) is 0. The Labute approximate surface area is 101 Å². The molecule has 3 heteroatoms. The summed E-state index contributed by atoms with van der Waals surface area (Å²) >= 11 is 8.79. The summed E-state index contributed by atoms with van der Waals surface area (Å²) < 4.78 is 0. The number of hydrogen-bond acceptors (Lipinski definition) is 2. The predicted octanol–water partition coefficient (Wildman–Crippen LogP) is 2.87. The van der Waals surface area contributed by atoms with Crippen LogP contribution in [0.1, 0.15) is 38.5 Å². The summed E-state index contributed by atoms with van der Waals surface area (Å²) in [7, 11) is 0. The zero-order valence-corrected chi connectivity index (χ0v) is 10.5. The Morgan fingerprint density at radius 3 is 2.67 bits per heavy atom. The maximum atomic E-state index is 6.50. The standard InChI is InChI=1S/C12H18ClNS/c13-11-8-5-6-10-12(11)14(8)7-3-1-2-4-9(7)15-10/h7-12H,1-6H2. The predicted molar refractivity (Wildman–Crippen MR) is 65.7 cm³/mol. The van der Waals surface area contributed by atoms with Gasteiger partial charge in [-0.25, -0.2) is 0 Å². The Kier molecular flexibility index (Phi) is 2.12. The second-order valence-corrected chi connectivity index (χ2v) is 7.58. The molecule has 4 fully saturated rings. The number of thioether (sulfide) groups is 1. The van der Waals surface area contributed by atoms with E-state index >= 15 is 0 Å². The molecule has 0 aromatic rings. The lowest BCUT2D eigenvalue weighted by Gasteiger charge is -2.67. The number of nitrogens with zero attached hydrogens (tertiary/aromatic N) is 1. The van der Waals surface area contributed by atoms with Crippen molar-refractivity contribution in [1.82, 2.24) is 4.90 Å². The Morgan fingerprint density at radius 2 is 1.80 bits per heavy atom. The third kappa shape index (κ3) is 1.17. The molecule has 0 aromatic carbocycles. The van der Waals surface area contributed by atoms with Crippen molar-refractivity contribution < 1.29 is 0 Å². The highest BCUT2D eigenvalue weighted by Crippen LogP contribution is 2.55.